The Labute approximate surface area is 125 Å². The van der Waals surface area contributed by atoms with Crippen LogP contribution in [-0.2, 0) is 24.9 Å². The minimum absolute atomic E-state index is 0.251. The van der Waals surface area contributed by atoms with Gasteiger partial charge in [-0.15, -0.1) is 0 Å². The molecule has 22 heavy (non-hydrogen) atoms. The average Bonchev–Trinajstić information content (AvgIpc) is 2.81. The first-order valence-corrected chi connectivity index (χ1v) is 7.34. The van der Waals surface area contributed by atoms with Gasteiger partial charge in [0.1, 0.15) is 5.82 Å². The number of aryl methyl sites for hydroxylation is 1. The fraction of sp³-hybridized carbons (Fsp3) is 0.375. The van der Waals surface area contributed by atoms with Crippen LogP contribution >= 0.6 is 0 Å². The molecular weight excluding hydrogens is 285 g/mol. The van der Waals surface area contributed by atoms with Gasteiger partial charge in [0.25, 0.3) is 5.56 Å². The number of halogens is 1. The van der Waals surface area contributed by atoms with E-state index in [1.54, 1.807) is 6.07 Å². The zero-order valence-electron chi connectivity index (χ0n) is 12.2. The predicted octanol–water partition coefficient (Wildman–Crippen LogP) is 1.03. The van der Waals surface area contributed by atoms with Gasteiger partial charge < -0.3 is 4.98 Å². The Morgan fingerprint density at radius 3 is 2.91 bits per heavy atom. The maximum absolute atomic E-state index is 13.7. The SMILES string of the molecule is CN1Cc2c([nH]c(=O)[nH]c2=O)CC12CCc1ccc(F)cc12. The van der Waals surface area contributed by atoms with Gasteiger partial charge in [0.2, 0.25) is 0 Å². The number of aromatic amines is 2. The molecule has 1 spiro atoms. The first-order valence-electron chi connectivity index (χ1n) is 7.34. The number of hydrogen-bond acceptors (Lipinski definition) is 3. The Balaban J connectivity index is 1.91. The fourth-order valence-electron chi connectivity index (χ4n) is 3.95. The van der Waals surface area contributed by atoms with Crippen molar-refractivity contribution in [2.45, 2.75) is 31.3 Å². The Bertz CT molecular complexity index is 886. The van der Waals surface area contributed by atoms with Gasteiger partial charge in [0, 0.05) is 18.7 Å². The molecule has 1 aliphatic carbocycles. The van der Waals surface area contributed by atoms with Gasteiger partial charge >= 0.3 is 5.69 Å². The molecule has 2 aromatic rings. The number of rotatable bonds is 0. The van der Waals surface area contributed by atoms with Gasteiger partial charge in [-0.2, -0.15) is 0 Å². The summed E-state index contributed by atoms with van der Waals surface area (Å²) in [5, 5.41) is 0. The highest BCUT2D eigenvalue weighted by molar-refractivity contribution is 5.42. The molecule has 114 valence electrons. The summed E-state index contributed by atoms with van der Waals surface area (Å²) in [7, 11) is 1.95. The van der Waals surface area contributed by atoms with Crippen LogP contribution < -0.4 is 11.2 Å². The second-order valence-corrected chi connectivity index (χ2v) is 6.23. The standard InChI is InChI=1S/C16H16FN3O2/c1-20-8-11-13(18-15(22)19-14(11)21)7-16(20)5-4-9-2-3-10(17)6-12(9)16/h2-3,6H,4-5,7-8H2,1H3,(H2,18,19,21,22). The van der Waals surface area contributed by atoms with Crippen molar-refractivity contribution in [1.82, 2.24) is 14.9 Å². The molecule has 0 saturated heterocycles. The summed E-state index contributed by atoms with van der Waals surface area (Å²) in [6.07, 6.45) is 2.26. The summed E-state index contributed by atoms with van der Waals surface area (Å²) in [6.45, 7) is 0.442. The van der Waals surface area contributed by atoms with Crippen LogP contribution in [0, 0.1) is 5.82 Å². The van der Waals surface area contributed by atoms with E-state index in [0.717, 1.165) is 24.0 Å². The summed E-state index contributed by atoms with van der Waals surface area (Å²) in [4.78, 5) is 30.7. The average molecular weight is 301 g/mol. The van der Waals surface area contributed by atoms with E-state index in [1.165, 1.54) is 6.07 Å². The number of likely N-dealkylation sites (N-methyl/N-ethyl adjacent to an activating group) is 1. The number of H-pyrrole nitrogens is 2. The van der Waals surface area contributed by atoms with Crippen LogP contribution in [0.4, 0.5) is 4.39 Å². The number of hydrogen-bond donors (Lipinski definition) is 2. The lowest BCUT2D eigenvalue weighted by Crippen LogP contribution is -2.49. The highest BCUT2D eigenvalue weighted by Crippen LogP contribution is 2.46. The summed E-state index contributed by atoms with van der Waals surface area (Å²) in [6, 6.07) is 4.92. The molecule has 1 aliphatic heterocycles. The molecule has 2 N–H and O–H groups in total. The van der Waals surface area contributed by atoms with Crippen molar-refractivity contribution < 1.29 is 4.39 Å². The molecule has 1 aromatic carbocycles. The number of aromatic nitrogens is 2. The lowest BCUT2D eigenvalue weighted by molar-refractivity contribution is 0.0919. The zero-order chi connectivity index (χ0) is 15.5. The van der Waals surface area contributed by atoms with Crippen LogP contribution in [0.25, 0.3) is 0 Å². The van der Waals surface area contributed by atoms with Gasteiger partial charge in [-0.1, -0.05) is 6.07 Å². The van der Waals surface area contributed by atoms with Crippen LogP contribution in [0.1, 0.15) is 28.8 Å². The lowest BCUT2D eigenvalue weighted by Gasteiger charge is -2.43. The summed E-state index contributed by atoms with van der Waals surface area (Å²) in [5.74, 6) is -0.251. The van der Waals surface area contributed by atoms with Gasteiger partial charge in [-0.3, -0.25) is 14.7 Å². The fourth-order valence-corrected chi connectivity index (χ4v) is 3.95. The van der Waals surface area contributed by atoms with Crippen molar-refractivity contribution in [3.05, 3.63) is 67.2 Å². The molecule has 1 aromatic heterocycles. The second kappa shape index (κ2) is 4.39. The van der Waals surface area contributed by atoms with E-state index < -0.39 is 5.69 Å². The first-order chi connectivity index (χ1) is 10.5. The Kier molecular flexibility index (Phi) is 2.69. The number of nitrogens with one attached hydrogen (secondary N) is 2. The molecule has 0 saturated carbocycles. The summed E-state index contributed by atoms with van der Waals surface area (Å²) < 4.78 is 13.7. The van der Waals surface area contributed by atoms with E-state index in [0.29, 0.717) is 24.2 Å². The van der Waals surface area contributed by atoms with Crippen LogP contribution in [0.2, 0.25) is 0 Å². The lowest BCUT2D eigenvalue weighted by atomic mass is 9.81. The molecule has 4 rings (SSSR count). The van der Waals surface area contributed by atoms with E-state index >= 15 is 0 Å². The Morgan fingerprint density at radius 1 is 1.27 bits per heavy atom. The van der Waals surface area contributed by atoms with Crippen molar-refractivity contribution >= 4 is 0 Å². The molecule has 2 heterocycles. The van der Waals surface area contributed by atoms with E-state index in [4.69, 9.17) is 0 Å². The van der Waals surface area contributed by atoms with E-state index in [2.05, 4.69) is 14.9 Å². The molecule has 0 amide bonds. The Morgan fingerprint density at radius 2 is 2.09 bits per heavy atom. The molecule has 2 aliphatic rings. The van der Waals surface area contributed by atoms with Crippen molar-refractivity contribution in [3.63, 3.8) is 0 Å². The molecule has 0 bridgehead atoms. The molecule has 1 atom stereocenters. The highest BCUT2D eigenvalue weighted by atomic mass is 19.1. The van der Waals surface area contributed by atoms with Crippen LogP contribution in [0.5, 0.6) is 0 Å². The van der Waals surface area contributed by atoms with E-state index in [9.17, 15) is 14.0 Å². The molecule has 1 unspecified atom stereocenters. The van der Waals surface area contributed by atoms with Crippen molar-refractivity contribution in [3.8, 4) is 0 Å². The maximum atomic E-state index is 13.7. The quantitative estimate of drug-likeness (QED) is 0.764. The smallest absolute Gasteiger partial charge is 0.311 e. The van der Waals surface area contributed by atoms with Crippen molar-refractivity contribution in [2.24, 2.45) is 0 Å². The molecule has 0 radical (unpaired) electrons. The monoisotopic (exact) mass is 301 g/mol. The maximum Gasteiger partial charge on any atom is 0.325 e. The van der Waals surface area contributed by atoms with Crippen LogP contribution in [-0.4, -0.2) is 21.9 Å². The third kappa shape index (κ3) is 1.73. The van der Waals surface area contributed by atoms with E-state index in [-0.39, 0.29) is 16.9 Å². The van der Waals surface area contributed by atoms with E-state index in [1.807, 2.05) is 13.1 Å². The second-order valence-electron chi connectivity index (χ2n) is 6.23. The number of benzene rings is 1. The molecular formula is C16H16FN3O2. The van der Waals surface area contributed by atoms with Crippen molar-refractivity contribution in [2.75, 3.05) is 7.05 Å². The normalized spacial score (nSPS) is 23.5. The zero-order valence-corrected chi connectivity index (χ0v) is 12.2. The minimum Gasteiger partial charge on any atom is -0.311 e. The van der Waals surface area contributed by atoms with Gasteiger partial charge in [-0.25, -0.2) is 9.18 Å². The topological polar surface area (TPSA) is 69.0 Å². The number of fused-ring (bicyclic) bond motifs is 3. The third-order valence-electron chi connectivity index (χ3n) is 5.11. The number of nitrogens with zero attached hydrogens (tertiary/aromatic N) is 1. The van der Waals surface area contributed by atoms with Crippen LogP contribution in [0.15, 0.2) is 27.8 Å². The minimum atomic E-state index is -0.485. The Hall–Kier alpha value is -2.21. The third-order valence-corrected chi connectivity index (χ3v) is 5.11. The molecule has 0 fully saturated rings. The van der Waals surface area contributed by atoms with Gasteiger partial charge in [-0.05, 0) is 43.1 Å². The predicted molar refractivity (Wildman–Crippen MR) is 79.3 cm³/mol. The largest absolute Gasteiger partial charge is 0.325 e. The first kappa shape index (κ1) is 13.5. The van der Waals surface area contributed by atoms with Crippen molar-refractivity contribution in [1.29, 1.82) is 0 Å². The van der Waals surface area contributed by atoms with Gasteiger partial charge in [0.15, 0.2) is 0 Å². The molecule has 5 nitrogen and oxygen atoms in total. The highest BCUT2D eigenvalue weighted by Gasteiger charge is 2.45. The summed E-state index contributed by atoms with van der Waals surface area (Å²) >= 11 is 0. The van der Waals surface area contributed by atoms with Crippen LogP contribution in [0.3, 0.4) is 0 Å². The van der Waals surface area contributed by atoms with Gasteiger partial charge in [0.05, 0.1) is 11.1 Å². The summed E-state index contributed by atoms with van der Waals surface area (Å²) in [5.41, 5.74) is 2.22. The molecule has 6 heteroatoms.